The van der Waals surface area contributed by atoms with Gasteiger partial charge in [0.1, 0.15) is 18.5 Å². The number of benzene rings is 1. The highest BCUT2D eigenvalue weighted by atomic mass is 35.5. The van der Waals surface area contributed by atoms with Gasteiger partial charge in [-0.3, -0.25) is 0 Å². The standard InChI is InChI=1S/C13H19Cl2NO3/c1-9(18-2)6-16-7-11(17)8-19-13-4-3-10(14)5-12(13)15/h3-5,9,11,16-17H,6-8H2,1-2H3. The molecular weight excluding hydrogens is 289 g/mol. The van der Waals surface area contributed by atoms with Crippen molar-refractivity contribution in [2.45, 2.75) is 19.1 Å². The first kappa shape index (κ1) is 16.5. The quantitative estimate of drug-likeness (QED) is 0.774. The number of halogens is 2. The Morgan fingerprint density at radius 1 is 1.32 bits per heavy atom. The third-order valence-electron chi connectivity index (χ3n) is 2.54. The van der Waals surface area contributed by atoms with Gasteiger partial charge in [-0.15, -0.1) is 0 Å². The van der Waals surface area contributed by atoms with Crippen molar-refractivity contribution in [3.8, 4) is 5.75 Å². The predicted molar refractivity (Wildman–Crippen MR) is 77.3 cm³/mol. The Balaban J connectivity index is 2.28. The van der Waals surface area contributed by atoms with E-state index in [0.717, 1.165) is 0 Å². The first-order valence-corrected chi connectivity index (χ1v) is 6.78. The fraction of sp³-hybridized carbons (Fsp3) is 0.538. The molecule has 0 amide bonds. The molecule has 0 aliphatic carbocycles. The van der Waals surface area contributed by atoms with Gasteiger partial charge in [-0.25, -0.2) is 0 Å². The van der Waals surface area contributed by atoms with Crippen LogP contribution < -0.4 is 10.1 Å². The van der Waals surface area contributed by atoms with Gasteiger partial charge in [-0.2, -0.15) is 0 Å². The number of aliphatic hydroxyl groups excluding tert-OH is 1. The molecule has 19 heavy (non-hydrogen) atoms. The smallest absolute Gasteiger partial charge is 0.138 e. The van der Waals surface area contributed by atoms with E-state index in [0.29, 0.717) is 28.9 Å². The molecule has 2 unspecified atom stereocenters. The Bertz CT molecular complexity index is 390. The lowest BCUT2D eigenvalue weighted by atomic mass is 10.3. The van der Waals surface area contributed by atoms with Crippen LogP contribution in [0, 0.1) is 0 Å². The maximum atomic E-state index is 9.74. The van der Waals surface area contributed by atoms with Crippen LogP contribution in [-0.2, 0) is 4.74 Å². The van der Waals surface area contributed by atoms with E-state index in [2.05, 4.69) is 5.32 Å². The number of hydrogen-bond acceptors (Lipinski definition) is 4. The van der Waals surface area contributed by atoms with Crippen LogP contribution in [0.4, 0.5) is 0 Å². The molecule has 0 saturated heterocycles. The number of methoxy groups -OCH3 is 1. The van der Waals surface area contributed by atoms with Gasteiger partial charge in [-0.1, -0.05) is 23.2 Å². The van der Waals surface area contributed by atoms with Crippen molar-refractivity contribution in [2.24, 2.45) is 0 Å². The number of nitrogens with one attached hydrogen (secondary N) is 1. The monoisotopic (exact) mass is 307 g/mol. The van der Waals surface area contributed by atoms with Crippen LogP contribution in [0.2, 0.25) is 10.0 Å². The fourth-order valence-electron chi connectivity index (χ4n) is 1.37. The van der Waals surface area contributed by atoms with E-state index in [1.54, 1.807) is 25.3 Å². The molecule has 4 nitrogen and oxygen atoms in total. The number of aliphatic hydroxyl groups is 1. The van der Waals surface area contributed by atoms with E-state index in [4.69, 9.17) is 32.7 Å². The lowest BCUT2D eigenvalue weighted by Crippen LogP contribution is -2.35. The topological polar surface area (TPSA) is 50.7 Å². The first-order valence-electron chi connectivity index (χ1n) is 6.02. The van der Waals surface area contributed by atoms with Crippen LogP contribution in [0.5, 0.6) is 5.75 Å². The van der Waals surface area contributed by atoms with Gasteiger partial charge >= 0.3 is 0 Å². The molecule has 0 saturated carbocycles. The molecule has 6 heteroatoms. The van der Waals surface area contributed by atoms with Gasteiger partial charge in [0.2, 0.25) is 0 Å². The predicted octanol–water partition coefficient (Wildman–Crippen LogP) is 2.36. The molecule has 0 heterocycles. The zero-order chi connectivity index (χ0) is 14.3. The van der Waals surface area contributed by atoms with Crippen molar-refractivity contribution < 1.29 is 14.6 Å². The molecule has 1 aromatic carbocycles. The van der Waals surface area contributed by atoms with E-state index in [1.165, 1.54) is 0 Å². The van der Waals surface area contributed by atoms with E-state index >= 15 is 0 Å². The third kappa shape index (κ3) is 6.45. The Hall–Kier alpha value is -0.520. The molecule has 0 aliphatic rings. The zero-order valence-electron chi connectivity index (χ0n) is 11.0. The highest BCUT2D eigenvalue weighted by Crippen LogP contribution is 2.27. The molecule has 1 rings (SSSR count). The molecule has 0 aromatic heterocycles. The zero-order valence-corrected chi connectivity index (χ0v) is 12.5. The Morgan fingerprint density at radius 3 is 2.68 bits per heavy atom. The summed E-state index contributed by atoms with van der Waals surface area (Å²) in [5, 5.41) is 13.8. The Labute approximate surface area is 123 Å². The largest absolute Gasteiger partial charge is 0.489 e. The lowest BCUT2D eigenvalue weighted by Gasteiger charge is -2.15. The van der Waals surface area contributed by atoms with Crippen molar-refractivity contribution in [3.63, 3.8) is 0 Å². The molecule has 2 atom stereocenters. The van der Waals surface area contributed by atoms with Crippen molar-refractivity contribution in [1.29, 1.82) is 0 Å². The minimum atomic E-state index is -0.615. The Kier molecular flexibility index (Phi) is 7.49. The van der Waals surface area contributed by atoms with Gasteiger partial charge in [0, 0.05) is 25.2 Å². The molecular formula is C13H19Cl2NO3. The van der Waals surface area contributed by atoms with Crippen LogP contribution in [0.25, 0.3) is 0 Å². The molecule has 0 spiro atoms. The van der Waals surface area contributed by atoms with Crippen LogP contribution in [0.1, 0.15) is 6.92 Å². The summed E-state index contributed by atoms with van der Waals surface area (Å²) in [4.78, 5) is 0. The lowest BCUT2D eigenvalue weighted by molar-refractivity contribution is 0.0904. The molecule has 0 aliphatic heterocycles. The maximum Gasteiger partial charge on any atom is 0.138 e. The summed E-state index contributed by atoms with van der Waals surface area (Å²) in [7, 11) is 1.65. The van der Waals surface area contributed by atoms with Gasteiger partial charge in [-0.05, 0) is 25.1 Å². The second-order valence-electron chi connectivity index (χ2n) is 4.24. The van der Waals surface area contributed by atoms with Crippen LogP contribution >= 0.6 is 23.2 Å². The van der Waals surface area contributed by atoms with Gasteiger partial charge in [0.25, 0.3) is 0 Å². The van der Waals surface area contributed by atoms with Gasteiger partial charge in [0.15, 0.2) is 0 Å². The fourth-order valence-corrected chi connectivity index (χ4v) is 1.84. The summed E-state index contributed by atoms with van der Waals surface area (Å²) >= 11 is 11.7. The normalized spacial score (nSPS) is 14.2. The van der Waals surface area contributed by atoms with Crippen molar-refractivity contribution in [2.75, 3.05) is 26.8 Å². The number of rotatable bonds is 8. The average molecular weight is 308 g/mol. The van der Waals surface area contributed by atoms with E-state index in [1.807, 2.05) is 6.92 Å². The average Bonchev–Trinajstić information content (AvgIpc) is 2.37. The van der Waals surface area contributed by atoms with Crippen molar-refractivity contribution in [3.05, 3.63) is 28.2 Å². The minimum absolute atomic E-state index is 0.110. The highest BCUT2D eigenvalue weighted by molar-refractivity contribution is 6.35. The van der Waals surface area contributed by atoms with E-state index in [9.17, 15) is 5.11 Å². The van der Waals surface area contributed by atoms with E-state index in [-0.39, 0.29) is 12.7 Å². The Morgan fingerprint density at radius 2 is 2.05 bits per heavy atom. The second-order valence-corrected chi connectivity index (χ2v) is 5.09. The summed E-state index contributed by atoms with van der Waals surface area (Å²) < 4.78 is 10.5. The molecule has 0 fully saturated rings. The summed E-state index contributed by atoms with van der Waals surface area (Å²) in [6, 6.07) is 4.97. The third-order valence-corrected chi connectivity index (χ3v) is 3.07. The molecule has 108 valence electrons. The summed E-state index contributed by atoms with van der Waals surface area (Å²) in [6.45, 7) is 3.22. The molecule has 0 radical (unpaired) electrons. The van der Waals surface area contributed by atoms with Crippen molar-refractivity contribution >= 4 is 23.2 Å². The first-order chi connectivity index (χ1) is 9.02. The SMILES string of the molecule is COC(C)CNCC(O)COc1ccc(Cl)cc1Cl. The van der Waals surface area contributed by atoms with Crippen LogP contribution in [0.3, 0.4) is 0 Å². The van der Waals surface area contributed by atoms with Crippen LogP contribution in [-0.4, -0.2) is 44.1 Å². The summed E-state index contributed by atoms with van der Waals surface area (Å²) in [6.07, 6.45) is -0.505. The maximum absolute atomic E-state index is 9.74. The summed E-state index contributed by atoms with van der Waals surface area (Å²) in [5.41, 5.74) is 0. The number of hydrogen-bond donors (Lipinski definition) is 2. The van der Waals surface area contributed by atoms with Crippen LogP contribution in [0.15, 0.2) is 18.2 Å². The molecule has 2 N–H and O–H groups in total. The van der Waals surface area contributed by atoms with Gasteiger partial charge in [0.05, 0.1) is 11.1 Å². The summed E-state index contributed by atoms with van der Waals surface area (Å²) in [5.74, 6) is 0.510. The van der Waals surface area contributed by atoms with E-state index < -0.39 is 6.10 Å². The highest BCUT2D eigenvalue weighted by Gasteiger charge is 2.08. The minimum Gasteiger partial charge on any atom is -0.489 e. The van der Waals surface area contributed by atoms with Crippen molar-refractivity contribution in [1.82, 2.24) is 5.32 Å². The van der Waals surface area contributed by atoms with Gasteiger partial charge < -0.3 is 19.9 Å². The number of ether oxygens (including phenoxy) is 2. The second kappa shape index (κ2) is 8.61. The molecule has 1 aromatic rings. The molecule has 0 bridgehead atoms.